The number of hydrogen-bond acceptors (Lipinski definition) is 4. The topological polar surface area (TPSA) is 52.6 Å². The molecule has 0 N–H and O–H groups in total. The Bertz CT molecular complexity index is 242. The molecule has 0 aliphatic heterocycles. The Kier molecular flexibility index (Phi) is 8.01. The normalized spacial score (nSPS) is 10.2. The lowest BCUT2D eigenvalue weighted by molar-refractivity contribution is -0.144. The first-order chi connectivity index (χ1) is 7.11. The second-order valence-electron chi connectivity index (χ2n) is 2.86. The van der Waals surface area contributed by atoms with Gasteiger partial charge >= 0.3 is 11.9 Å². The highest BCUT2D eigenvalue weighted by atomic mass is 31.1. The van der Waals surface area contributed by atoms with E-state index in [1.54, 1.807) is 0 Å². The third-order valence-electron chi connectivity index (χ3n) is 1.56. The maximum atomic E-state index is 11.1. The van der Waals surface area contributed by atoms with Crippen molar-refractivity contribution in [1.82, 2.24) is 0 Å². The average molecular weight is 228 g/mol. The van der Waals surface area contributed by atoms with Crippen LogP contribution in [0.15, 0.2) is 12.2 Å². The summed E-state index contributed by atoms with van der Waals surface area (Å²) < 4.78 is 9.33. The summed E-state index contributed by atoms with van der Waals surface area (Å²) in [6.07, 6.45) is 1.62. The van der Waals surface area contributed by atoms with Gasteiger partial charge in [-0.25, -0.2) is 4.79 Å². The predicted octanol–water partition coefficient (Wildman–Crippen LogP) is 1.50. The van der Waals surface area contributed by atoms with E-state index in [1.165, 1.54) is 0 Å². The van der Waals surface area contributed by atoms with Crippen LogP contribution in [0.2, 0.25) is 0 Å². The minimum Gasteiger partial charge on any atom is -0.465 e. The summed E-state index contributed by atoms with van der Waals surface area (Å²) in [4.78, 5) is 22.1. The van der Waals surface area contributed by atoms with Crippen LogP contribution in [0.4, 0.5) is 0 Å². The first-order valence-corrected chi connectivity index (χ1v) is 5.60. The van der Waals surface area contributed by atoms with E-state index in [1.807, 2.05) is 6.92 Å². The largest absolute Gasteiger partial charge is 0.465 e. The molecule has 82 valence electrons. The van der Waals surface area contributed by atoms with Gasteiger partial charge in [-0.15, -0.1) is 0 Å². The second-order valence-corrected chi connectivity index (χ2v) is 3.30. The van der Waals surface area contributed by atoms with E-state index in [9.17, 15) is 9.59 Å². The van der Waals surface area contributed by atoms with Gasteiger partial charge in [0.2, 0.25) is 0 Å². The summed E-state index contributed by atoms with van der Waals surface area (Å²) in [5.41, 5.74) is 0.0643. The zero-order chi connectivity index (χ0) is 11.7. The van der Waals surface area contributed by atoms with Crippen LogP contribution in [-0.2, 0) is 18.8 Å². The second kappa shape index (κ2) is 8.48. The molecule has 0 aromatic rings. The van der Waals surface area contributed by atoms with E-state index >= 15 is 0 Å². The molecule has 1 unspecified atom stereocenters. The van der Waals surface area contributed by atoms with Crippen molar-refractivity contribution in [2.45, 2.75) is 26.2 Å². The molecule has 0 aromatic heterocycles. The van der Waals surface area contributed by atoms with Gasteiger partial charge in [-0.2, -0.15) is 0 Å². The van der Waals surface area contributed by atoms with Gasteiger partial charge in [-0.3, -0.25) is 4.79 Å². The number of carbonyl (C=O) groups is 2. The highest BCUT2D eigenvalue weighted by Gasteiger charge is 2.13. The minimum absolute atomic E-state index is 0.0643. The number of rotatable bonds is 7. The molecule has 4 nitrogen and oxygen atoms in total. The smallest absolute Gasteiger partial charge is 0.335 e. The number of ether oxygens (including phenoxy) is 1. The standard InChI is InChI=1S/C9H14BO4P/c1-3-4-5-13-8(11)6-7(2)9(12)14-15-10/h15H,2-6H2,1H3. The summed E-state index contributed by atoms with van der Waals surface area (Å²) in [6, 6.07) is 0. The molecule has 15 heavy (non-hydrogen) atoms. The Morgan fingerprint density at radius 2 is 2.13 bits per heavy atom. The van der Waals surface area contributed by atoms with Crippen LogP contribution in [0, 0.1) is 0 Å². The molecule has 0 heterocycles. The summed E-state index contributed by atoms with van der Waals surface area (Å²) >= 11 is 0. The third-order valence-corrected chi connectivity index (χ3v) is 1.86. The van der Waals surface area contributed by atoms with Gasteiger partial charge in [0.15, 0.2) is 7.57 Å². The lowest BCUT2D eigenvalue weighted by atomic mass is 10.2. The Hall–Kier alpha value is -0.825. The molecule has 0 spiro atoms. The zero-order valence-electron chi connectivity index (χ0n) is 8.75. The third kappa shape index (κ3) is 7.14. The van der Waals surface area contributed by atoms with Gasteiger partial charge in [-0.1, -0.05) is 19.9 Å². The molecule has 0 fully saturated rings. The molecular formula is C9H14BO4P. The van der Waals surface area contributed by atoms with Crippen LogP contribution in [0.1, 0.15) is 26.2 Å². The van der Waals surface area contributed by atoms with E-state index in [-0.39, 0.29) is 12.0 Å². The first kappa shape index (κ1) is 14.2. The summed E-state index contributed by atoms with van der Waals surface area (Å²) in [5.74, 6) is -1.12. The van der Waals surface area contributed by atoms with Gasteiger partial charge in [0.25, 0.3) is 0 Å². The molecule has 1 atom stereocenters. The molecule has 0 bridgehead atoms. The number of esters is 1. The SMILES string of the molecule is [B]POC(=O)C(=C)CC(=O)OCCCC. The zero-order valence-corrected chi connectivity index (χ0v) is 9.75. The van der Waals surface area contributed by atoms with Crippen LogP contribution in [-0.4, -0.2) is 26.1 Å². The van der Waals surface area contributed by atoms with Crippen LogP contribution in [0.3, 0.4) is 0 Å². The van der Waals surface area contributed by atoms with E-state index in [0.717, 1.165) is 12.8 Å². The molecular weight excluding hydrogens is 214 g/mol. The molecule has 0 aliphatic carbocycles. The maximum Gasteiger partial charge on any atom is 0.335 e. The van der Waals surface area contributed by atoms with Crippen molar-refractivity contribution >= 4 is 28.2 Å². The Labute approximate surface area is 92.6 Å². The van der Waals surface area contributed by atoms with Crippen LogP contribution < -0.4 is 0 Å². The Balaban J connectivity index is 3.76. The lowest BCUT2D eigenvalue weighted by Gasteiger charge is -2.05. The average Bonchev–Trinajstić information content (AvgIpc) is 2.18. The minimum atomic E-state index is -0.650. The van der Waals surface area contributed by atoms with Crippen molar-refractivity contribution in [3.8, 4) is 0 Å². The Morgan fingerprint density at radius 1 is 1.47 bits per heavy atom. The first-order valence-electron chi connectivity index (χ1n) is 4.62. The van der Waals surface area contributed by atoms with Crippen LogP contribution in [0.5, 0.6) is 0 Å². The quantitative estimate of drug-likeness (QED) is 0.218. The fraction of sp³-hybridized carbons (Fsp3) is 0.556. The van der Waals surface area contributed by atoms with Gasteiger partial charge in [0.1, 0.15) is 0 Å². The molecule has 0 aromatic carbocycles. The molecule has 0 aliphatic rings. The van der Waals surface area contributed by atoms with E-state index in [0.29, 0.717) is 6.61 Å². The molecule has 6 heteroatoms. The van der Waals surface area contributed by atoms with Gasteiger partial charge in [-0.05, 0) is 6.42 Å². The molecule has 0 amide bonds. The van der Waals surface area contributed by atoms with Gasteiger partial charge in [0.05, 0.1) is 13.0 Å². The van der Waals surface area contributed by atoms with E-state index < -0.39 is 20.6 Å². The number of hydrogen-bond donors (Lipinski definition) is 0. The predicted molar refractivity (Wildman–Crippen MR) is 59.8 cm³/mol. The number of unbranched alkanes of at least 4 members (excludes halogenated alkanes) is 1. The Morgan fingerprint density at radius 3 is 2.67 bits per heavy atom. The lowest BCUT2D eigenvalue weighted by Crippen LogP contribution is -2.11. The number of carbonyl (C=O) groups excluding carboxylic acids is 2. The summed E-state index contributed by atoms with van der Waals surface area (Å²) in [7, 11) is 4.59. The molecule has 0 saturated heterocycles. The van der Waals surface area contributed by atoms with Gasteiger partial charge in [0, 0.05) is 14.3 Å². The highest BCUT2D eigenvalue weighted by molar-refractivity contribution is 7.62. The highest BCUT2D eigenvalue weighted by Crippen LogP contribution is 2.10. The molecule has 0 saturated carbocycles. The summed E-state index contributed by atoms with van der Waals surface area (Å²) in [6.45, 7) is 5.78. The summed E-state index contributed by atoms with van der Waals surface area (Å²) in [5, 5.41) is 0. The van der Waals surface area contributed by atoms with Crippen molar-refractivity contribution in [3.05, 3.63) is 12.2 Å². The monoisotopic (exact) mass is 228 g/mol. The van der Waals surface area contributed by atoms with Gasteiger partial charge < -0.3 is 9.26 Å². The fourth-order valence-electron chi connectivity index (χ4n) is 0.753. The van der Waals surface area contributed by atoms with Crippen molar-refractivity contribution < 1.29 is 18.8 Å². The van der Waals surface area contributed by atoms with Crippen molar-refractivity contribution in [3.63, 3.8) is 0 Å². The molecule has 0 rings (SSSR count). The van der Waals surface area contributed by atoms with E-state index in [4.69, 9.17) is 12.3 Å². The van der Waals surface area contributed by atoms with Crippen LogP contribution in [0.25, 0.3) is 0 Å². The van der Waals surface area contributed by atoms with Crippen molar-refractivity contribution in [2.24, 2.45) is 0 Å². The van der Waals surface area contributed by atoms with Crippen molar-refractivity contribution in [2.75, 3.05) is 6.61 Å². The fourth-order valence-corrected chi connectivity index (χ4v) is 1.00. The molecule has 2 radical (unpaired) electrons. The van der Waals surface area contributed by atoms with Crippen LogP contribution >= 0.6 is 8.69 Å². The maximum absolute atomic E-state index is 11.1. The van der Waals surface area contributed by atoms with Crippen molar-refractivity contribution in [1.29, 1.82) is 0 Å². The van der Waals surface area contributed by atoms with E-state index in [2.05, 4.69) is 11.1 Å².